The molecule has 0 spiro atoms. The highest BCUT2D eigenvalue weighted by atomic mass is 19.1. The Kier molecular flexibility index (Phi) is 4.83. The molecule has 0 aromatic heterocycles. The number of carbonyl (C=O) groups is 1. The molecule has 2 aliphatic rings. The highest BCUT2D eigenvalue weighted by molar-refractivity contribution is 5.90. The monoisotopic (exact) mass is 374 g/mol. The van der Waals surface area contributed by atoms with Crippen LogP contribution in [-0.2, 0) is 0 Å². The molecule has 5 nitrogen and oxygen atoms in total. The van der Waals surface area contributed by atoms with Gasteiger partial charge in [-0.25, -0.2) is 13.6 Å². The fourth-order valence-corrected chi connectivity index (χ4v) is 3.52. The van der Waals surface area contributed by atoms with Gasteiger partial charge >= 0.3 is 6.03 Å². The van der Waals surface area contributed by atoms with Crippen molar-refractivity contribution in [1.29, 1.82) is 0 Å². The molecule has 7 heteroatoms. The van der Waals surface area contributed by atoms with Gasteiger partial charge in [0.2, 0.25) is 0 Å². The van der Waals surface area contributed by atoms with Crippen LogP contribution < -0.4 is 14.8 Å². The summed E-state index contributed by atoms with van der Waals surface area (Å²) in [5.41, 5.74) is 0.914. The van der Waals surface area contributed by atoms with Crippen molar-refractivity contribution >= 4 is 11.7 Å². The van der Waals surface area contributed by atoms with Gasteiger partial charge in [-0.05, 0) is 42.7 Å². The summed E-state index contributed by atoms with van der Waals surface area (Å²) in [4.78, 5) is 14.3. The SMILES string of the molecule is O=C(Nc1ccc(F)cc1F)N1CCC[C@H]1c1ccc2c(c1)OCCCO2. The van der Waals surface area contributed by atoms with Crippen molar-refractivity contribution in [3.63, 3.8) is 0 Å². The van der Waals surface area contributed by atoms with Crippen molar-refractivity contribution in [3.05, 3.63) is 53.6 Å². The number of amides is 2. The zero-order valence-corrected chi connectivity index (χ0v) is 14.7. The Morgan fingerprint density at radius 3 is 2.67 bits per heavy atom. The van der Waals surface area contributed by atoms with Gasteiger partial charge in [-0.1, -0.05) is 6.07 Å². The number of ether oxygens (including phenoxy) is 2. The van der Waals surface area contributed by atoms with Gasteiger partial charge in [-0.3, -0.25) is 0 Å². The molecular formula is C20H20F2N2O3. The van der Waals surface area contributed by atoms with Crippen LogP contribution in [0.4, 0.5) is 19.3 Å². The van der Waals surface area contributed by atoms with Gasteiger partial charge in [0.15, 0.2) is 11.5 Å². The van der Waals surface area contributed by atoms with E-state index in [9.17, 15) is 13.6 Å². The molecule has 0 saturated carbocycles. The summed E-state index contributed by atoms with van der Waals surface area (Å²) in [7, 11) is 0. The average molecular weight is 374 g/mol. The van der Waals surface area contributed by atoms with E-state index in [0.717, 1.165) is 37.0 Å². The number of halogens is 2. The van der Waals surface area contributed by atoms with Crippen molar-refractivity contribution in [2.75, 3.05) is 25.1 Å². The van der Waals surface area contributed by atoms with E-state index in [2.05, 4.69) is 5.32 Å². The standard InChI is InChI=1S/C20H20F2N2O3/c21-14-5-6-16(15(22)12-14)23-20(25)24-8-1-3-17(24)13-4-7-18-19(11-13)27-10-2-9-26-18/h4-7,11-12,17H,1-3,8-10H2,(H,23,25)/t17-/m0/s1. The smallest absolute Gasteiger partial charge is 0.322 e. The van der Waals surface area contributed by atoms with E-state index < -0.39 is 17.7 Å². The maximum absolute atomic E-state index is 13.8. The predicted molar refractivity (Wildman–Crippen MR) is 96.1 cm³/mol. The zero-order chi connectivity index (χ0) is 18.8. The fourth-order valence-electron chi connectivity index (χ4n) is 3.52. The maximum Gasteiger partial charge on any atom is 0.322 e. The summed E-state index contributed by atoms with van der Waals surface area (Å²) in [6, 6.07) is 8.26. The van der Waals surface area contributed by atoms with Crippen LogP contribution in [0.25, 0.3) is 0 Å². The largest absolute Gasteiger partial charge is 0.490 e. The molecule has 2 aromatic rings. The molecule has 0 aliphatic carbocycles. The number of anilines is 1. The van der Waals surface area contributed by atoms with Gasteiger partial charge in [-0.15, -0.1) is 0 Å². The Morgan fingerprint density at radius 1 is 1.04 bits per heavy atom. The van der Waals surface area contributed by atoms with E-state index in [1.165, 1.54) is 6.07 Å². The number of nitrogens with zero attached hydrogens (tertiary/aromatic N) is 1. The summed E-state index contributed by atoms with van der Waals surface area (Å²) in [5, 5.41) is 2.54. The molecule has 1 atom stereocenters. The van der Waals surface area contributed by atoms with Crippen LogP contribution >= 0.6 is 0 Å². The number of likely N-dealkylation sites (tertiary alicyclic amines) is 1. The molecular weight excluding hydrogens is 354 g/mol. The second-order valence-electron chi connectivity index (χ2n) is 6.66. The third-order valence-electron chi connectivity index (χ3n) is 4.84. The van der Waals surface area contributed by atoms with E-state index in [-0.39, 0.29) is 11.7 Å². The van der Waals surface area contributed by atoms with Crippen LogP contribution in [0.3, 0.4) is 0 Å². The van der Waals surface area contributed by atoms with E-state index >= 15 is 0 Å². The zero-order valence-electron chi connectivity index (χ0n) is 14.7. The predicted octanol–water partition coefficient (Wildman–Crippen LogP) is 4.50. The summed E-state index contributed by atoms with van der Waals surface area (Å²) >= 11 is 0. The Balaban J connectivity index is 1.53. The van der Waals surface area contributed by atoms with Crippen molar-refractivity contribution in [2.24, 2.45) is 0 Å². The molecule has 0 unspecified atom stereocenters. The number of hydrogen-bond acceptors (Lipinski definition) is 3. The molecule has 2 amide bonds. The Labute approximate surface area is 155 Å². The van der Waals surface area contributed by atoms with E-state index in [0.29, 0.717) is 31.3 Å². The number of benzene rings is 2. The lowest BCUT2D eigenvalue weighted by atomic mass is 10.0. The average Bonchev–Trinajstić information content (AvgIpc) is 3.03. The van der Waals surface area contributed by atoms with Crippen molar-refractivity contribution < 1.29 is 23.0 Å². The molecule has 1 saturated heterocycles. The van der Waals surface area contributed by atoms with Gasteiger partial charge in [0.25, 0.3) is 0 Å². The van der Waals surface area contributed by atoms with Crippen molar-refractivity contribution in [3.8, 4) is 11.5 Å². The molecule has 27 heavy (non-hydrogen) atoms. The third-order valence-corrected chi connectivity index (χ3v) is 4.84. The Bertz CT molecular complexity index is 859. The first-order valence-corrected chi connectivity index (χ1v) is 9.04. The van der Waals surface area contributed by atoms with Crippen molar-refractivity contribution in [2.45, 2.75) is 25.3 Å². The summed E-state index contributed by atoms with van der Waals surface area (Å²) in [6.07, 6.45) is 2.47. The lowest BCUT2D eigenvalue weighted by Crippen LogP contribution is -2.34. The highest BCUT2D eigenvalue weighted by Crippen LogP contribution is 2.38. The molecule has 1 fully saturated rings. The minimum Gasteiger partial charge on any atom is -0.490 e. The molecule has 0 radical (unpaired) electrons. The molecule has 4 rings (SSSR count). The quantitative estimate of drug-likeness (QED) is 0.842. The van der Waals surface area contributed by atoms with E-state index in [1.54, 1.807) is 4.90 Å². The Morgan fingerprint density at radius 2 is 1.85 bits per heavy atom. The molecule has 2 aliphatic heterocycles. The Hall–Kier alpha value is -2.83. The normalized spacial score (nSPS) is 18.9. The summed E-state index contributed by atoms with van der Waals surface area (Å²) < 4.78 is 38.3. The minimum absolute atomic E-state index is 0.0364. The van der Waals surface area contributed by atoms with Crippen LogP contribution in [0.1, 0.15) is 30.9 Å². The number of fused-ring (bicyclic) bond motifs is 1. The summed E-state index contributed by atoms with van der Waals surface area (Å²) in [5.74, 6) is -0.0908. The number of urea groups is 1. The second kappa shape index (κ2) is 7.42. The first-order chi connectivity index (χ1) is 13.1. The van der Waals surface area contributed by atoms with Gasteiger partial charge < -0.3 is 19.7 Å². The number of carbonyl (C=O) groups excluding carboxylic acids is 1. The number of hydrogen-bond donors (Lipinski definition) is 1. The molecule has 2 heterocycles. The van der Waals surface area contributed by atoms with Crippen LogP contribution in [0, 0.1) is 11.6 Å². The fraction of sp³-hybridized carbons (Fsp3) is 0.350. The first-order valence-electron chi connectivity index (χ1n) is 9.04. The minimum atomic E-state index is -0.797. The lowest BCUT2D eigenvalue weighted by molar-refractivity contribution is 0.207. The molecule has 0 bridgehead atoms. The topological polar surface area (TPSA) is 50.8 Å². The van der Waals surface area contributed by atoms with E-state index in [4.69, 9.17) is 9.47 Å². The maximum atomic E-state index is 13.8. The number of rotatable bonds is 2. The van der Waals surface area contributed by atoms with Crippen LogP contribution in [0.2, 0.25) is 0 Å². The summed E-state index contributed by atoms with van der Waals surface area (Å²) in [6.45, 7) is 1.77. The van der Waals surface area contributed by atoms with Gasteiger partial charge in [0.1, 0.15) is 11.6 Å². The highest BCUT2D eigenvalue weighted by Gasteiger charge is 2.31. The van der Waals surface area contributed by atoms with Gasteiger partial charge in [-0.2, -0.15) is 0 Å². The van der Waals surface area contributed by atoms with E-state index in [1.807, 2.05) is 18.2 Å². The van der Waals surface area contributed by atoms with Crippen LogP contribution in [-0.4, -0.2) is 30.7 Å². The first kappa shape index (κ1) is 17.6. The van der Waals surface area contributed by atoms with Gasteiger partial charge in [0.05, 0.1) is 24.9 Å². The van der Waals surface area contributed by atoms with Crippen molar-refractivity contribution in [1.82, 2.24) is 4.90 Å². The lowest BCUT2D eigenvalue weighted by Gasteiger charge is -2.26. The van der Waals surface area contributed by atoms with Crippen LogP contribution in [0.5, 0.6) is 11.5 Å². The second-order valence-corrected chi connectivity index (χ2v) is 6.66. The third kappa shape index (κ3) is 3.67. The molecule has 142 valence electrons. The van der Waals surface area contributed by atoms with Crippen LogP contribution in [0.15, 0.2) is 36.4 Å². The molecule has 1 N–H and O–H groups in total. The molecule has 2 aromatic carbocycles. The van der Waals surface area contributed by atoms with Gasteiger partial charge in [0, 0.05) is 19.0 Å². The number of nitrogens with one attached hydrogen (secondary N) is 1.